The molecule has 0 aromatic heterocycles. The Kier molecular flexibility index (Phi) is 5.63. The Morgan fingerprint density at radius 1 is 1.37 bits per heavy atom. The summed E-state index contributed by atoms with van der Waals surface area (Å²) in [7, 11) is 1.57. The summed E-state index contributed by atoms with van der Waals surface area (Å²) < 4.78 is 10.9. The van der Waals surface area contributed by atoms with Gasteiger partial charge in [0.1, 0.15) is 0 Å². The summed E-state index contributed by atoms with van der Waals surface area (Å²) in [5.74, 6) is 0.647. The summed E-state index contributed by atoms with van der Waals surface area (Å²) >= 11 is 0. The molecule has 1 amide bonds. The minimum atomic E-state index is -0.700. The Morgan fingerprint density at radius 3 is 2.58 bits per heavy atom. The van der Waals surface area contributed by atoms with Crippen molar-refractivity contribution < 1.29 is 14.3 Å². The molecule has 0 saturated carbocycles. The lowest BCUT2D eigenvalue weighted by Crippen LogP contribution is -2.31. The Labute approximate surface area is 114 Å². The first-order chi connectivity index (χ1) is 8.95. The van der Waals surface area contributed by atoms with Crippen LogP contribution in [0.1, 0.15) is 26.3 Å². The SMILES string of the molecule is COc1cccc(CNC(C)C)c1OC(C)C(N)=O. The van der Waals surface area contributed by atoms with Gasteiger partial charge in [0.15, 0.2) is 17.6 Å². The molecule has 0 radical (unpaired) electrons. The fraction of sp³-hybridized carbons (Fsp3) is 0.500. The van der Waals surface area contributed by atoms with E-state index < -0.39 is 12.0 Å². The highest BCUT2D eigenvalue weighted by atomic mass is 16.5. The van der Waals surface area contributed by atoms with Gasteiger partial charge in [0.25, 0.3) is 5.91 Å². The molecule has 0 spiro atoms. The first-order valence-electron chi connectivity index (χ1n) is 6.31. The van der Waals surface area contributed by atoms with E-state index in [0.717, 1.165) is 5.56 Å². The topological polar surface area (TPSA) is 73.6 Å². The van der Waals surface area contributed by atoms with E-state index in [0.29, 0.717) is 24.1 Å². The predicted molar refractivity (Wildman–Crippen MR) is 74.3 cm³/mol. The zero-order chi connectivity index (χ0) is 14.4. The van der Waals surface area contributed by atoms with Gasteiger partial charge in [-0.25, -0.2) is 0 Å². The number of nitrogens with two attached hydrogens (primary N) is 1. The molecule has 0 aliphatic carbocycles. The summed E-state index contributed by atoms with van der Waals surface area (Å²) in [6.07, 6.45) is -0.700. The quantitative estimate of drug-likeness (QED) is 0.783. The number of methoxy groups -OCH3 is 1. The summed E-state index contributed by atoms with van der Waals surface area (Å²) in [6, 6.07) is 5.97. The van der Waals surface area contributed by atoms with Gasteiger partial charge >= 0.3 is 0 Å². The van der Waals surface area contributed by atoms with Crippen LogP contribution in [0.3, 0.4) is 0 Å². The van der Waals surface area contributed by atoms with Crippen molar-refractivity contribution in [2.45, 2.75) is 39.5 Å². The number of amides is 1. The Balaban J connectivity index is 2.98. The largest absolute Gasteiger partial charge is 0.493 e. The van der Waals surface area contributed by atoms with Crippen molar-refractivity contribution in [3.05, 3.63) is 23.8 Å². The summed E-state index contributed by atoms with van der Waals surface area (Å²) in [4.78, 5) is 11.1. The van der Waals surface area contributed by atoms with E-state index in [1.807, 2.05) is 12.1 Å². The third kappa shape index (κ3) is 4.44. The molecule has 0 bridgehead atoms. The maximum atomic E-state index is 11.1. The summed E-state index contributed by atoms with van der Waals surface area (Å²) in [5, 5.41) is 3.30. The van der Waals surface area contributed by atoms with E-state index >= 15 is 0 Å². The van der Waals surface area contributed by atoms with Crippen LogP contribution < -0.4 is 20.5 Å². The number of hydrogen-bond acceptors (Lipinski definition) is 4. The molecule has 106 valence electrons. The van der Waals surface area contributed by atoms with Gasteiger partial charge in [-0.05, 0) is 13.0 Å². The van der Waals surface area contributed by atoms with Gasteiger partial charge in [-0.1, -0.05) is 26.0 Å². The summed E-state index contributed by atoms with van der Waals surface area (Å²) in [5.41, 5.74) is 6.16. The number of rotatable bonds is 7. The minimum absolute atomic E-state index is 0.354. The lowest BCUT2D eigenvalue weighted by molar-refractivity contribution is -0.124. The molecule has 5 heteroatoms. The smallest absolute Gasteiger partial charge is 0.258 e. The molecule has 0 saturated heterocycles. The van der Waals surface area contributed by atoms with Crippen LogP contribution in [0.15, 0.2) is 18.2 Å². The lowest BCUT2D eigenvalue weighted by Gasteiger charge is -2.18. The average molecular weight is 266 g/mol. The maximum Gasteiger partial charge on any atom is 0.258 e. The number of carbonyl (C=O) groups excluding carboxylic acids is 1. The van der Waals surface area contributed by atoms with Gasteiger partial charge < -0.3 is 20.5 Å². The second-order valence-corrected chi connectivity index (χ2v) is 4.65. The summed E-state index contributed by atoms with van der Waals surface area (Å²) in [6.45, 7) is 6.38. The third-order valence-electron chi connectivity index (χ3n) is 2.68. The first-order valence-corrected chi connectivity index (χ1v) is 6.31. The van der Waals surface area contributed by atoms with Crippen molar-refractivity contribution in [1.29, 1.82) is 0 Å². The van der Waals surface area contributed by atoms with Crippen LogP contribution in [-0.2, 0) is 11.3 Å². The first kappa shape index (κ1) is 15.3. The van der Waals surface area contributed by atoms with Gasteiger partial charge in [0.05, 0.1) is 7.11 Å². The van der Waals surface area contributed by atoms with Gasteiger partial charge in [-0.3, -0.25) is 4.79 Å². The highest BCUT2D eigenvalue weighted by Gasteiger charge is 2.17. The lowest BCUT2D eigenvalue weighted by atomic mass is 10.1. The van der Waals surface area contributed by atoms with Crippen LogP contribution in [0.5, 0.6) is 11.5 Å². The van der Waals surface area contributed by atoms with Crippen molar-refractivity contribution >= 4 is 5.91 Å². The number of hydrogen-bond donors (Lipinski definition) is 2. The minimum Gasteiger partial charge on any atom is -0.493 e. The van der Waals surface area contributed by atoms with E-state index in [2.05, 4.69) is 19.2 Å². The second kappa shape index (κ2) is 6.99. The van der Waals surface area contributed by atoms with Gasteiger partial charge in [-0.2, -0.15) is 0 Å². The molecule has 0 aliphatic rings. The Bertz CT molecular complexity index is 433. The zero-order valence-electron chi connectivity index (χ0n) is 11.9. The van der Waals surface area contributed by atoms with E-state index in [4.69, 9.17) is 15.2 Å². The third-order valence-corrected chi connectivity index (χ3v) is 2.68. The van der Waals surface area contributed by atoms with Crippen molar-refractivity contribution in [2.75, 3.05) is 7.11 Å². The number of carbonyl (C=O) groups is 1. The van der Waals surface area contributed by atoms with Crippen LogP contribution >= 0.6 is 0 Å². The molecule has 1 aromatic carbocycles. The molecule has 5 nitrogen and oxygen atoms in total. The molecule has 19 heavy (non-hydrogen) atoms. The maximum absolute atomic E-state index is 11.1. The predicted octanol–water partition coefficient (Wildman–Crippen LogP) is 1.45. The molecular formula is C14H22N2O3. The van der Waals surface area contributed by atoms with Crippen molar-refractivity contribution in [3.63, 3.8) is 0 Å². The van der Waals surface area contributed by atoms with Crippen LogP contribution in [0, 0.1) is 0 Å². The molecule has 0 heterocycles. The van der Waals surface area contributed by atoms with E-state index in [9.17, 15) is 4.79 Å². The molecule has 1 rings (SSSR count). The van der Waals surface area contributed by atoms with Gasteiger partial charge in [0, 0.05) is 18.2 Å². The Morgan fingerprint density at radius 2 is 2.05 bits per heavy atom. The fourth-order valence-corrected chi connectivity index (χ4v) is 1.54. The normalized spacial score (nSPS) is 12.3. The molecule has 1 unspecified atom stereocenters. The van der Waals surface area contributed by atoms with Crippen LogP contribution in [0.4, 0.5) is 0 Å². The molecule has 0 aliphatic heterocycles. The highest BCUT2D eigenvalue weighted by Crippen LogP contribution is 2.32. The molecule has 1 aromatic rings. The number of nitrogens with one attached hydrogen (secondary N) is 1. The second-order valence-electron chi connectivity index (χ2n) is 4.65. The fourth-order valence-electron chi connectivity index (χ4n) is 1.54. The monoisotopic (exact) mass is 266 g/mol. The average Bonchev–Trinajstić information content (AvgIpc) is 2.36. The van der Waals surface area contributed by atoms with Crippen LogP contribution in [0.25, 0.3) is 0 Å². The number of primary amides is 1. The molecule has 3 N–H and O–H groups in total. The van der Waals surface area contributed by atoms with Crippen LogP contribution in [0.2, 0.25) is 0 Å². The highest BCUT2D eigenvalue weighted by molar-refractivity contribution is 5.78. The molecule has 1 atom stereocenters. The number of ether oxygens (including phenoxy) is 2. The standard InChI is InChI=1S/C14H22N2O3/c1-9(2)16-8-11-6-5-7-12(18-4)13(11)19-10(3)14(15)17/h5-7,9-10,16H,8H2,1-4H3,(H2,15,17). The number of benzene rings is 1. The van der Waals surface area contributed by atoms with E-state index in [1.54, 1.807) is 20.1 Å². The van der Waals surface area contributed by atoms with Crippen LogP contribution in [-0.4, -0.2) is 25.2 Å². The van der Waals surface area contributed by atoms with E-state index in [1.165, 1.54) is 0 Å². The van der Waals surface area contributed by atoms with Crippen molar-refractivity contribution in [3.8, 4) is 11.5 Å². The van der Waals surface area contributed by atoms with Gasteiger partial charge in [0.2, 0.25) is 0 Å². The van der Waals surface area contributed by atoms with Crippen molar-refractivity contribution in [1.82, 2.24) is 5.32 Å². The van der Waals surface area contributed by atoms with Gasteiger partial charge in [-0.15, -0.1) is 0 Å². The Hall–Kier alpha value is -1.75. The van der Waals surface area contributed by atoms with Crippen molar-refractivity contribution in [2.24, 2.45) is 5.73 Å². The zero-order valence-corrected chi connectivity index (χ0v) is 11.9. The number of para-hydroxylation sites is 1. The molecular weight excluding hydrogens is 244 g/mol. The van der Waals surface area contributed by atoms with E-state index in [-0.39, 0.29) is 0 Å². The molecule has 0 fully saturated rings.